The van der Waals surface area contributed by atoms with Crippen LogP contribution in [0.3, 0.4) is 0 Å². The van der Waals surface area contributed by atoms with E-state index in [1.807, 2.05) is 24.3 Å². The van der Waals surface area contributed by atoms with Crippen molar-refractivity contribution >= 4 is 34.4 Å². The Kier molecular flexibility index (Phi) is 5.38. The van der Waals surface area contributed by atoms with Crippen molar-refractivity contribution in [1.29, 1.82) is 0 Å². The SMILES string of the molecule is C[C@@H](Oc1cccc(Cl)c1)C(=O)NNC(=O)Cn1cnc2ccccc21. The molecule has 3 aromatic rings. The molecule has 1 aromatic heterocycles. The number of nitrogens with zero attached hydrogens (tertiary/aromatic N) is 2. The highest BCUT2D eigenvalue weighted by molar-refractivity contribution is 6.30. The van der Waals surface area contributed by atoms with Crippen molar-refractivity contribution in [3.05, 3.63) is 59.9 Å². The molecule has 0 aliphatic rings. The number of carbonyl (C=O) groups excluding carboxylic acids is 2. The predicted molar refractivity (Wildman–Crippen MR) is 97.6 cm³/mol. The van der Waals surface area contributed by atoms with Crippen LogP contribution < -0.4 is 15.6 Å². The van der Waals surface area contributed by atoms with E-state index in [1.165, 1.54) is 0 Å². The Morgan fingerprint density at radius 3 is 2.81 bits per heavy atom. The summed E-state index contributed by atoms with van der Waals surface area (Å²) in [4.78, 5) is 28.3. The number of halogens is 1. The lowest BCUT2D eigenvalue weighted by molar-refractivity contribution is -0.132. The lowest BCUT2D eigenvalue weighted by Gasteiger charge is -2.15. The second-order valence-electron chi connectivity index (χ2n) is 5.62. The van der Waals surface area contributed by atoms with Gasteiger partial charge in [-0.05, 0) is 37.3 Å². The summed E-state index contributed by atoms with van der Waals surface area (Å²) in [5, 5.41) is 0.510. The van der Waals surface area contributed by atoms with Gasteiger partial charge in [0.25, 0.3) is 11.8 Å². The monoisotopic (exact) mass is 372 g/mol. The van der Waals surface area contributed by atoms with E-state index < -0.39 is 12.0 Å². The van der Waals surface area contributed by atoms with Crippen molar-refractivity contribution in [2.24, 2.45) is 0 Å². The molecule has 3 rings (SSSR count). The van der Waals surface area contributed by atoms with E-state index in [0.29, 0.717) is 10.8 Å². The van der Waals surface area contributed by atoms with Crippen LogP contribution in [0.2, 0.25) is 5.02 Å². The van der Waals surface area contributed by atoms with E-state index in [4.69, 9.17) is 16.3 Å². The first-order valence-corrected chi connectivity index (χ1v) is 8.31. The summed E-state index contributed by atoms with van der Waals surface area (Å²) in [6.07, 6.45) is 0.777. The van der Waals surface area contributed by atoms with Crippen molar-refractivity contribution in [2.45, 2.75) is 19.6 Å². The number of benzene rings is 2. The zero-order chi connectivity index (χ0) is 18.5. The van der Waals surface area contributed by atoms with E-state index in [9.17, 15) is 9.59 Å². The normalized spacial score (nSPS) is 11.8. The van der Waals surface area contributed by atoms with Crippen molar-refractivity contribution in [3.8, 4) is 5.75 Å². The number of fused-ring (bicyclic) bond motifs is 1. The number of hydrogen-bond donors (Lipinski definition) is 2. The lowest BCUT2D eigenvalue weighted by Crippen LogP contribution is -2.48. The highest BCUT2D eigenvalue weighted by atomic mass is 35.5. The molecule has 7 nitrogen and oxygen atoms in total. The maximum absolute atomic E-state index is 12.1. The molecule has 1 atom stereocenters. The van der Waals surface area contributed by atoms with Gasteiger partial charge in [-0.3, -0.25) is 20.4 Å². The smallest absolute Gasteiger partial charge is 0.279 e. The fourth-order valence-electron chi connectivity index (χ4n) is 2.36. The number of carbonyl (C=O) groups is 2. The Hall–Kier alpha value is -3.06. The summed E-state index contributed by atoms with van der Waals surface area (Å²) >= 11 is 5.87. The maximum Gasteiger partial charge on any atom is 0.279 e. The van der Waals surface area contributed by atoms with E-state index in [1.54, 1.807) is 42.1 Å². The van der Waals surface area contributed by atoms with Gasteiger partial charge in [-0.1, -0.05) is 29.8 Å². The van der Waals surface area contributed by atoms with Crippen molar-refractivity contribution < 1.29 is 14.3 Å². The molecule has 2 aromatic carbocycles. The second-order valence-corrected chi connectivity index (χ2v) is 6.05. The Morgan fingerprint density at radius 1 is 1.19 bits per heavy atom. The predicted octanol–water partition coefficient (Wildman–Crippen LogP) is 2.30. The number of hydrazine groups is 1. The highest BCUT2D eigenvalue weighted by Gasteiger charge is 2.16. The lowest BCUT2D eigenvalue weighted by atomic mass is 10.3. The van der Waals surface area contributed by atoms with Crippen LogP contribution in [-0.4, -0.2) is 27.5 Å². The van der Waals surface area contributed by atoms with Gasteiger partial charge in [-0.15, -0.1) is 0 Å². The number of imidazole rings is 1. The number of aromatic nitrogens is 2. The fraction of sp³-hybridized carbons (Fsp3) is 0.167. The minimum atomic E-state index is -0.803. The zero-order valence-corrected chi connectivity index (χ0v) is 14.7. The molecule has 0 saturated carbocycles. The third-order valence-corrected chi connectivity index (χ3v) is 3.88. The van der Waals surface area contributed by atoms with Gasteiger partial charge in [0.1, 0.15) is 12.3 Å². The van der Waals surface area contributed by atoms with Gasteiger partial charge in [0.05, 0.1) is 17.4 Å². The standard InChI is InChI=1S/C18H17ClN4O3/c1-12(26-14-6-4-5-13(19)9-14)18(25)22-21-17(24)10-23-11-20-15-7-2-3-8-16(15)23/h2-9,11-12H,10H2,1H3,(H,21,24)(H,22,25)/t12-/m1/s1. The summed E-state index contributed by atoms with van der Waals surface area (Å²) in [5.41, 5.74) is 6.36. The first-order valence-electron chi connectivity index (χ1n) is 7.94. The van der Waals surface area contributed by atoms with Crippen LogP contribution in [0.4, 0.5) is 0 Å². The molecular weight excluding hydrogens is 356 g/mol. The molecular formula is C18H17ClN4O3. The molecule has 0 unspecified atom stereocenters. The van der Waals surface area contributed by atoms with Crippen molar-refractivity contribution in [3.63, 3.8) is 0 Å². The van der Waals surface area contributed by atoms with Gasteiger partial charge in [0, 0.05) is 5.02 Å². The van der Waals surface area contributed by atoms with Gasteiger partial charge in [0.15, 0.2) is 6.10 Å². The molecule has 1 heterocycles. The third kappa shape index (κ3) is 4.31. The zero-order valence-electron chi connectivity index (χ0n) is 14.0. The average molecular weight is 373 g/mol. The molecule has 0 aliphatic heterocycles. The average Bonchev–Trinajstić information content (AvgIpc) is 3.02. The summed E-state index contributed by atoms with van der Waals surface area (Å²) in [5.74, 6) is -0.387. The Balaban J connectivity index is 1.51. The van der Waals surface area contributed by atoms with Crippen LogP contribution in [0.5, 0.6) is 5.75 Å². The quantitative estimate of drug-likeness (QED) is 0.673. The molecule has 134 valence electrons. The van der Waals surface area contributed by atoms with Crippen LogP contribution in [-0.2, 0) is 16.1 Å². The van der Waals surface area contributed by atoms with Gasteiger partial charge >= 0.3 is 0 Å². The van der Waals surface area contributed by atoms with E-state index in [2.05, 4.69) is 15.8 Å². The number of nitrogens with one attached hydrogen (secondary N) is 2. The molecule has 0 aliphatic carbocycles. The van der Waals surface area contributed by atoms with Crippen LogP contribution >= 0.6 is 11.6 Å². The Labute approximate surface area is 154 Å². The number of para-hydroxylation sites is 2. The number of amides is 2. The molecule has 0 bridgehead atoms. The molecule has 8 heteroatoms. The minimum Gasteiger partial charge on any atom is -0.481 e. The second kappa shape index (κ2) is 7.88. The van der Waals surface area contributed by atoms with Gasteiger partial charge in [0.2, 0.25) is 0 Å². The molecule has 26 heavy (non-hydrogen) atoms. The van der Waals surface area contributed by atoms with Crippen LogP contribution in [0, 0.1) is 0 Å². The van der Waals surface area contributed by atoms with Crippen LogP contribution in [0.25, 0.3) is 11.0 Å². The molecule has 2 N–H and O–H groups in total. The van der Waals surface area contributed by atoms with E-state index >= 15 is 0 Å². The van der Waals surface area contributed by atoms with Gasteiger partial charge in [-0.25, -0.2) is 4.98 Å². The van der Waals surface area contributed by atoms with E-state index in [0.717, 1.165) is 11.0 Å². The topological polar surface area (TPSA) is 85.3 Å². The van der Waals surface area contributed by atoms with Crippen molar-refractivity contribution in [2.75, 3.05) is 0 Å². The van der Waals surface area contributed by atoms with Crippen molar-refractivity contribution in [1.82, 2.24) is 20.4 Å². The summed E-state index contributed by atoms with van der Waals surface area (Å²) in [7, 11) is 0. The van der Waals surface area contributed by atoms with Gasteiger partial charge < -0.3 is 9.30 Å². The molecule has 0 spiro atoms. The molecule has 0 fully saturated rings. The fourth-order valence-corrected chi connectivity index (χ4v) is 2.54. The highest BCUT2D eigenvalue weighted by Crippen LogP contribution is 2.18. The maximum atomic E-state index is 12.1. The minimum absolute atomic E-state index is 0.0321. The summed E-state index contributed by atoms with van der Waals surface area (Å²) < 4.78 is 7.19. The largest absolute Gasteiger partial charge is 0.481 e. The first-order chi connectivity index (χ1) is 12.5. The Morgan fingerprint density at radius 2 is 2.00 bits per heavy atom. The van der Waals surface area contributed by atoms with Crippen LogP contribution in [0.15, 0.2) is 54.9 Å². The number of ether oxygens (including phenoxy) is 1. The molecule has 0 saturated heterocycles. The molecule has 0 radical (unpaired) electrons. The third-order valence-electron chi connectivity index (χ3n) is 3.64. The number of hydrogen-bond acceptors (Lipinski definition) is 4. The number of rotatable bonds is 5. The van der Waals surface area contributed by atoms with Crippen LogP contribution in [0.1, 0.15) is 6.92 Å². The molecule has 2 amide bonds. The summed E-state index contributed by atoms with van der Waals surface area (Å²) in [6, 6.07) is 14.2. The van der Waals surface area contributed by atoms with E-state index in [-0.39, 0.29) is 12.5 Å². The van der Waals surface area contributed by atoms with Gasteiger partial charge in [-0.2, -0.15) is 0 Å². The Bertz CT molecular complexity index is 941. The summed E-state index contributed by atoms with van der Waals surface area (Å²) in [6.45, 7) is 1.61. The first kappa shape index (κ1) is 17.8.